The van der Waals surface area contributed by atoms with E-state index < -0.39 is 0 Å². The number of hydrogen-bond donors (Lipinski definition) is 2. The minimum absolute atomic E-state index is 0.164. The third-order valence-electron chi connectivity index (χ3n) is 5.87. The number of halogens is 1. The lowest BCUT2D eigenvalue weighted by molar-refractivity contribution is -0.918. The van der Waals surface area contributed by atoms with Crippen molar-refractivity contribution in [1.29, 1.82) is 0 Å². The first-order valence-corrected chi connectivity index (χ1v) is 11.6. The summed E-state index contributed by atoms with van der Waals surface area (Å²) in [7, 11) is 0. The van der Waals surface area contributed by atoms with Gasteiger partial charge in [-0.2, -0.15) is 0 Å². The molecule has 2 aliphatic rings. The molecule has 148 valence electrons. The molecule has 1 aliphatic heterocycles. The Morgan fingerprint density at radius 3 is 2.61 bits per heavy atom. The number of hydrogen-bond acceptors (Lipinski definition) is 2. The van der Waals surface area contributed by atoms with Crippen LogP contribution in [0.5, 0.6) is 0 Å². The van der Waals surface area contributed by atoms with E-state index in [1.54, 1.807) is 16.7 Å². The van der Waals surface area contributed by atoms with E-state index in [0.717, 1.165) is 37.5 Å². The molecule has 0 unspecified atom stereocenters. The maximum atomic E-state index is 12.4. The highest BCUT2D eigenvalue weighted by atomic mass is 35.5. The van der Waals surface area contributed by atoms with Crippen molar-refractivity contribution < 1.29 is 9.69 Å². The number of amides is 1. The lowest BCUT2D eigenvalue weighted by Crippen LogP contribution is -3.12. The summed E-state index contributed by atoms with van der Waals surface area (Å²) in [5.74, 6) is 0.674. The van der Waals surface area contributed by atoms with Crippen LogP contribution in [-0.2, 0) is 24.2 Å². The fraction of sp³-hybridized carbons (Fsp3) is 0.435. The Hall–Kier alpha value is -1.49. The lowest BCUT2D eigenvalue weighted by atomic mass is 10.0. The molecule has 0 saturated carbocycles. The summed E-state index contributed by atoms with van der Waals surface area (Å²) in [4.78, 5) is 15.2. The van der Waals surface area contributed by atoms with Crippen LogP contribution in [0.3, 0.4) is 0 Å². The van der Waals surface area contributed by atoms with Gasteiger partial charge in [-0.15, -0.1) is 11.8 Å². The van der Waals surface area contributed by atoms with Crippen LogP contribution in [0.2, 0.25) is 5.02 Å². The van der Waals surface area contributed by atoms with Crippen molar-refractivity contribution >= 4 is 29.3 Å². The van der Waals surface area contributed by atoms with Crippen molar-refractivity contribution in [2.75, 3.05) is 18.8 Å². The third-order valence-corrected chi connectivity index (χ3v) is 7.11. The Balaban J connectivity index is 1.18. The topological polar surface area (TPSA) is 33.5 Å². The predicted molar refractivity (Wildman–Crippen MR) is 116 cm³/mol. The van der Waals surface area contributed by atoms with Crippen LogP contribution in [0.1, 0.15) is 36.0 Å². The molecule has 4 rings (SSSR count). The summed E-state index contributed by atoms with van der Waals surface area (Å²) in [6, 6.07) is 15.1. The highest BCUT2D eigenvalue weighted by Crippen LogP contribution is 2.27. The summed E-state index contributed by atoms with van der Waals surface area (Å²) in [5.41, 5.74) is 4.29. The molecule has 0 spiro atoms. The molecular weight excluding hydrogens is 388 g/mol. The molecule has 1 saturated heterocycles. The van der Waals surface area contributed by atoms with Gasteiger partial charge >= 0.3 is 0 Å². The Bertz CT molecular complexity index is 816. The second-order valence-electron chi connectivity index (χ2n) is 7.97. The second kappa shape index (κ2) is 9.34. The number of thioether (sulfide) groups is 1. The Morgan fingerprint density at radius 2 is 1.82 bits per heavy atom. The van der Waals surface area contributed by atoms with Gasteiger partial charge in [0, 0.05) is 34.4 Å². The number of carbonyl (C=O) groups is 1. The van der Waals surface area contributed by atoms with Crippen molar-refractivity contribution in [2.24, 2.45) is 0 Å². The summed E-state index contributed by atoms with van der Waals surface area (Å²) in [6.45, 7) is 3.24. The van der Waals surface area contributed by atoms with E-state index in [1.807, 2.05) is 12.1 Å². The van der Waals surface area contributed by atoms with Gasteiger partial charge < -0.3 is 10.2 Å². The first-order chi connectivity index (χ1) is 13.7. The van der Waals surface area contributed by atoms with E-state index in [1.165, 1.54) is 40.8 Å². The molecule has 3 nitrogen and oxygen atoms in total. The molecule has 0 aromatic heterocycles. The molecule has 2 N–H and O–H groups in total. The zero-order valence-corrected chi connectivity index (χ0v) is 17.7. The number of fused-ring (bicyclic) bond motifs is 1. The van der Waals surface area contributed by atoms with Gasteiger partial charge in [0.1, 0.15) is 6.54 Å². The van der Waals surface area contributed by atoms with Crippen LogP contribution in [0.4, 0.5) is 0 Å². The lowest BCUT2D eigenvalue weighted by Gasteiger charge is -2.29. The maximum absolute atomic E-state index is 12.4. The van der Waals surface area contributed by atoms with Crippen LogP contribution in [0.15, 0.2) is 47.4 Å². The quantitative estimate of drug-likeness (QED) is 0.710. The van der Waals surface area contributed by atoms with Crippen LogP contribution in [-0.4, -0.2) is 30.8 Å². The van der Waals surface area contributed by atoms with Crippen LogP contribution in [0.25, 0.3) is 0 Å². The Labute approximate surface area is 176 Å². The number of quaternary nitrogens is 1. The van der Waals surface area contributed by atoms with Gasteiger partial charge in [0.2, 0.25) is 5.91 Å². The summed E-state index contributed by atoms with van der Waals surface area (Å²) < 4.78 is 0. The minimum atomic E-state index is 0.164. The average molecular weight is 416 g/mol. The Kier molecular flexibility index (Phi) is 6.61. The number of carbonyl (C=O) groups excluding carboxylic acids is 1. The van der Waals surface area contributed by atoms with E-state index in [4.69, 9.17) is 11.6 Å². The van der Waals surface area contributed by atoms with Crippen molar-refractivity contribution in [3.8, 4) is 0 Å². The van der Waals surface area contributed by atoms with Gasteiger partial charge in [0.25, 0.3) is 0 Å². The molecule has 0 bridgehead atoms. The van der Waals surface area contributed by atoms with E-state index in [9.17, 15) is 4.79 Å². The van der Waals surface area contributed by atoms with Crippen LogP contribution >= 0.6 is 23.4 Å². The monoisotopic (exact) mass is 415 g/mol. The first-order valence-electron chi connectivity index (χ1n) is 10.3. The molecular formula is C23H28ClN2OS+. The Morgan fingerprint density at radius 1 is 1.07 bits per heavy atom. The molecule has 2 aromatic rings. The number of benzene rings is 2. The first kappa shape index (κ1) is 19.8. The SMILES string of the molecule is O=C(CSc1ccc2c(c1)CCC2)NC1CC[NH+](Cc2ccc(Cl)cc2)CC1. The third kappa shape index (κ3) is 5.31. The molecule has 2 aromatic carbocycles. The average Bonchev–Trinajstić information content (AvgIpc) is 3.17. The molecule has 0 atom stereocenters. The van der Waals surface area contributed by atoms with E-state index in [2.05, 4.69) is 35.6 Å². The number of rotatable bonds is 6. The zero-order chi connectivity index (χ0) is 19.3. The van der Waals surface area contributed by atoms with Gasteiger partial charge in [-0.25, -0.2) is 0 Å². The fourth-order valence-electron chi connectivity index (χ4n) is 4.29. The minimum Gasteiger partial charge on any atom is -0.352 e. The van der Waals surface area contributed by atoms with E-state index in [-0.39, 0.29) is 5.91 Å². The maximum Gasteiger partial charge on any atom is 0.230 e. The largest absolute Gasteiger partial charge is 0.352 e. The molecule has 1 aliphatic carbocycles. The van der Waals surface area contributed by atoms with Crippen molar-refractivity contribution in [2.45, 2.75) is 49.6 Å². The molecule has 0 radical (unpaired) electrons. The van der Waals surface area contributed by atoms with Gasteiger partial charge in [-0.3, -0.25) is 4.79 Å². The molecule has 1 heterocycles. The molecule has 1 fully saturated rings. The highest BCUT2D eigenvalue weighted by Gasteiger charge is 2.23. The normalized spacial score (nSPS) is 21.3. The smallest absolute Gasteiger partial charge is 0.230 e. The fourth-order valence-corrected chi connectivity index (χ4v) is 5.19. The summed E-state index contributed by atoms with van der Waals surface area (Å²) in [5, 5.41) is 4.03. The number of nitrogens with one attached hydrogen (secondary N) is 2. The van der Waals surface area contributed by atoms with Gasteiger partial charge in [-0.1, -0.05) is 29.8 Å². The van der Waals surface area contributed by atoms with Crippen molar-refractivity contribution in [1.82, 2.24) is 5.32 Å². The molecule has 5 heteroatoms. The molecule has 28 heavy (non-hydrogen) atoms. The number of piperidine rings is 1. The number of likely N-dealkylation sites (tertiary alicyclic amines) is 1. The van der Waals surface area contributed by atoms with Crippen molar-refractivity contribution in [3.05, 3.63) is 64.2 Å². The van der Waals surface area contributed by atoms with Crippen molar-refractivity contribution in [3.63, 3.8) is 0 Å². The van der Waals surface area contributed by atoms with Crippen LogP contribution in [0, 0.1) is 0 Å². The zero-order valence-electron chi connectivity index (χ0n) is 16.2. The van der Waals surface area contributed by atoms with Gasteiger partial charge in [0.15, 0.2) is 0 Å². The van der Waals surface area contributed by atoms with E-state index >= 15 is 0 Å². The van der Waals surface area contributed by atoms with Gasteiger partial charge in [0.05, 0.1) is 18.8 Å². The second-order valence-corrected chi connectivity index (χ2v) is 9.45. The van der Waals surface area contributed by atoms with E-state index in [0.29, 0.717) is 11.8 Å². The van der Waals surface area contributed by atoms with Crippen LogP contribution < -0.4 is 10.2 Å². The predicted octanol–water partition coefficient (Wildman–Crippen LogP) is 3.28. The molecule has 1 amide bonds. The summed E-state index contributed by atoms with van der Waals surface area (Å²) >= 11 is 7.62. The standard InChI is InChI=1S/C23H27ClN2OS/c24-20-7-4-17(5-8-20)15-26-12-10-21(11-13-26)25-23(27)16-28-22-9-6-18-2-1-3-19(18)14-22/h4-9,14,21H,1-3,10-13,15-16H2,(H,25,27)/p+1. The highest BCUT2D eigenvalue weighted by molar-refractivity contribution is 8.00. The number of aryl methyl sites for hydroxylation is 2. The summed E-state index contributed by atoms with van der Waals surface area (Å²) in [6.07, 6.45) is 5.77. The van der Waals surface area contributed by atoms with Gasteiger partial charge in [-0.05, 0) is 54.7 Å².